The minimum absolute atomic E-state index is 0.0760. The van der Waals surface area contributed by atoms with Crippen molar-refractivity contribution in [1.29, 1.82) is 5.26 Å². The molecule has 0 rings (SSSR count). The van der Waals surface area contributed by atoms with Crippen molar-refractivity contribution in [3.63, 3.8) is 0 Å². The van der Waals surface area contributed by atoms with Gasteiger partial charge in [-0.25, -0.2) is 0 Å². The van der Waals surface area contributed by atoms with E-state index in [1.807, 2.05) is 0 Å². The van der Waals surface area contributed by atoms with Gasteiger partial charge in [0.25, 0.3) is 0 Å². The van der Waals surface area contributed by atoms with Crippen molar-refractivity contribution in [2.75, 3.05) is 25.2 Å². The smallest absolute Gasteiger partial charge is 0.309 e. The fraction of sp³-hybridized carbons (Fsp3) is 0.667. The van der Waals surface area contributed by atoms with Crippen molar-refractivity contribution in [2.24, 2.45) is 5.92 Å². The molecular weight excluding hydrogens is 232 g/mol. The van der Waals surface area contributed by atoms with Crippen LogP contribution in [0, 0.1) is 17.2 Å². The minimum atomic E-state index is -1.43. The third-order valence-electron chi connectivity index (χ3n) is 1.70. The molecule has 0 aliphatic carbocycles. The molecule has 2 unspecified atom stereocenters. The molecule has 1 N–H and O–H groups in total. The van der Waals surface area contributed by atoms with Crippen LogP contribution in [0.2, 0.25) is 0 Å². The Balaban J connectivity index is 3.95. The Bertz CT molecular complexity index is 324. The molecule has 1 amide bonds. The number of carbonyl (C=O) groups is 2. The molecule has 0 radical (unpaired) electrons. The summed E-state index contributed by atoms with van der Waals surface area (Å²) in [6.07, 6.45) is 0. The van der Waals surface area contributed by atoms with Crippen LogP contribution in [0.4, 0.5) is 0 Å². The van der Waals surface area contributed by atoms with Crippen molar-refractivity contribution in [3.8, 4) is 6.07 Å². The van der Waals surface area contributed by atoms with Crippen LogP contribution in [0.25, 0.3) is 0 Å². The summed E-state index contributed by atoms with van der Waals surface area (Å²) in [7, 11) is -0.177. The van der Waals surface area contributed by atoms with Gasteiger partial charge in [-0.05, 0) is 0 Å². The molecule has 0 fully saturated rings. The van der Waals surface area contributed by atoms with Crippen LogP contribution in [-0.4, -0.2) is 41.2 Å². The number of hydrogen-bond acceptors (Lipinski definition) is 5. The van der Waals surface area contributed by atoms with E-state index in [9.17, 15) is 13.8 Å². The van der Waals surface area contributed by atoms with E-state index in [1.54, 1.807) is 13.0 Å². The summed E-state index contributed by atoms with van der Waals surface area (Å²) < 4.78 is 15.9. The van der Waals surface area contributed by atoms with Crippen LogP contribution >= 0.6 is 0 Å². The lowest BCUT2D eigenvalue weighted by Gasteiger charge is -2.08. The number of hydrogen-bond donors (Lipinski definition) is 1. The predicted molar refractivity (Wildman–Crippen MR) is 57.7 cm³/mol. The van der Waals surface area contributed by atoms with Crippen molar-refractivity contribution in [1.82, 2.24) is 5.32 Å². The number of nitrogens with zero attached hydrogens (tertiary/aromatic N) is 1. The Morgan fingerprint density at radius 3 is 2.69 bits per heavy atom. The largest absolute Gasteiger partial charge is 0.469 e. The summed E-state index contributed by atoms with van der Waals surface area (Å²) in [5, 5.41) is 10.5. The monoisotopic (exact) mass is 246 g/mol. The number of rotatable bonds is 6. The second-order valence-corrected chi connectivity index (χ2v) is 4.61. The molecule has 2 atom stereocenters. The van der Waals surface area contributed by atoms with Crippen molar-refractivity contribution in [2.45, 2.75) is 6.92 Å². The zero-order valence-electron chi connectivity index (χ0n) is 9.19. The van der Waals surface area contributed by atoms with Gasteiger partial charge in [-0.15, -0.1) is 0 Å². The third-order valence-corrected chi connectivity index (χ3v) is 3.15. The number of nitriles is 1. The quantitative estimate of drug-likeness (QED) is 0.488. The molecule has 0 aromatic carbocycles. The topological polar surface area (TPSA) is 96.3 Å². The van der Waals surface area contributed by atoms with E-state index in [4.69, 9.17) is 5.26 Å². The molecule has 0 saturated carbocycles. The summed E-state index contributed by atoms with van der Waals surface area (Å²) in [6, 6.07) is 1.73. The van der Waals surface area contributed by atoms with Crippen LogP contribution in [0.5, 0.6) is 0 Å². The van der Waals surface area contributed by atoms with E-state index >= 15 is 0 Å². The average molecular weight is 246 g/mol. The zero-order chi connectivity index (χ0) is 12.6. The van der Waals surface area contributed by atoms with Gasteiger partial charge in [-0.3, -0.25) is 13.8 Å². The SMILES string of the molecule is COC(=O)C(C)CS(=O)CC(=O)NCC#N. The summed E-state index contributed by atoms with van der Waals surface area (Å²) in [6.45, 7) is 1.47. The second kappa shape index (κ2) is 7.82. The molecule has 0 aromatic rings. The van der Waals surface area contributed by atoms with Crippen molar-refractivity contribution < 1.29 is 18.5 Å². The Morgan fingerprint density at radius 1 is 1.56 bits per heavy atom. The Morgan fingerprint density at radius 2 is 2.19 bits per heavy atom. The van der Waals surface area contributed by atoms with Crippen LogP contribution < -0.4 is 5.32 Å². The molecule has 7 heteroatoms. The first-order valence-electron chi connectivity index (χ1n) is 4.57. The highest BCUT2D eigenvalue weighted by atomic mass is 32.2. The maximum Gasteiger partial charge on any atom is 0.309 e. The van der Waals surface area contributed by atoms with Gasteiger partial charge in [0.1, 0.15) is 12.3 Å². The van der Waals surface area contributed by atoms with Crippen molar-refractivity contribution >= 4 is 22.7 Å². The number of amides is 1. The average Bonchev–Trinajstić information content (AvgIpc) is 2.24. The minimum Gasteiger partial charge on any atom is -0.469 e. The van der Waals surface area contributed by atoms with E-state index < -0.39 is 28.6 Å². The molecule has 0 aliphatic rings. The molecule has 0 spiro atoms. The van der Waals surface area contributed by atoms with E-state index in [2.05, 4.69) is 10.1 Å². The molecular formula is C9H14N2O4S. The van der Waals surface area contributed by atoms with E-state index in [0.717, 1.165) is 0 Å². The molecule has 0 bridgehead atoms. The van der Waals surface area contributed by atoms with Crippen molar-refractivity contribution in [3.05, 3.63) is 0 Å². The van der Waals surface area contributed by atoms with Gasteiger partial charge in [0.15, 0.2) is 0 Å². The highest BCUT2D eigenvalue weighted by Crippen LogP contribution is 2.00. The third kappa shape index (κ3) is 6.14. The Hall–Kier alpha value is -1.42. The second-order valence-electron chi connectivity index (χ2n) is 3.11. The van der Waals surface area contributed by atoms with Crippen LogP contribution in [-0.2, 0) is 25.1 Å². The normalized spacial score (nSPS) is 13.3. The van der Waals surface area contributed by atoms with Crippen LogP contribution in [0.15, 0.2) is 0 Å². The predicted octanol–water partition coefficient (Wildman–Crippen LogP) is -0.816. The van der Waals surface area contributed by atoms with Gasteiger partial charge < -0.3 is 10.1 Å². The van der Waals surface area contributed by atoms with Gasteiger partial charge >= 0.3 is 5.97 Å². The van der Waals surface area contributed by atoms with Gasteiger partial charge in [0.05, 0.1) is 19.1 Å². The molecule has 0 saturated heterocycles. The fourth-order valence-electron chi connectivity index (χ4n) is 0.942. The highest BCUT2D eigenvalue weighted by Gasteiger charge is 2.18. The summed E-state index contributed by atoms with van der Waals surface area (Å²) in [5.41, 5.74) is 0. The first-order chi connectivity index (χ1) is 7.51. The van der Waals surface area contributed by atoms with Crippen LogP contribution in [0.1, 0.15) is 6.92 Å². The number of esters is 1. The zero-order valence-corrected chi connectivity index (χ0v) is 10.0. The summed E-state index contributed by atoms with van der Waals surface area (Å²) in [5.74, 6) is -1.55. The molecule has 16 heavy (non-hydrogen) atoms. The molecule has 90 valence electrons. The summed E-state index contributed by atoms with van der Waals surface area (Å²) >= 11 is 0. The fourth-order valence-corrected chi connectivity index (χ4v) is 2.15. The lowest BCUT2D eigenvalue weighted by molar-refractivity contribution is -0.144. The number of carbonyl (C=O) groups excluding carboxylic acids is 2. The van der Waals surface area contributed by atoms with E-state index in [0.29, 0.717) is 0 Å². The number of methoxy groups -OCH3 is 1. The molecule has 0 aliphatic heterocycles. The standard InChI is InChI=1S/C9H14N2O4S/c1-7(9(13)15-2)5-16(14)6-8(12)11-4-3-10/h7H,4-6H2,1-2H3,(H,11,12). The van der Waals surface area contributed by atoms with Gasteiger partial charge in [0, 0.05) is 16.6 Å². The van der Waals surface area contributed by atoms with Crippen LogP contribution in [0.3, 0.4) is 0 Å². The number of ether oxygens (including phenoxy) is 1. The Labute approximate surface area is 96.4 Å². The van der Waals surface area contributed by atoms with Gasteiger partial charge in [0.2, 0.25) is 5.91 Å². The molecule has 0 heterocycles. The maximum absolute atomic E-state index is 11.4. The maximum atomic E-state index is 11.4. The lowest BCUT2D eigenvalue weighted by atomic mass is 10.2. The van der Waals surface area contributed by atoms with Gasteiger partial charge in [-0.2, -0.15) is 5.26 Å². The summed E-state index contributed by atoms with van der Waals surface area (Å²) in [4.78, 5) is 22.1. The lowest BCUT2D eigenvalue weighted by Crippen LogP contribution is -2.31. The highest BCUT2D eigenvalue weighted by molar-refractivity contribution is 7.85. The Kier molecular flexibility index (Phi) is 7.12. The van der Waals surface area contributed by atoms with Gasteiger partial charge in [-0.1, -0.05) is 6.92 Å². The first kappa shape index (κ1) is 14.6. The van der Waals surface area contributed by atoms with E-state index in [1.165, 1.54) is 7.11 Å². The number of nitrogens with one attached hydrogen (secondary N) is 1. The molecule has 6 nitrogen and oxygen atoms in total. The molecule has 0 aromatic heterocycles. The van der Waals surface area contributed by atoms with E-state index in [-0.39, 0.29) is 18.1 Å². The first-order valence-corrected chi connectivity index (χ1v) is 6.06.